The van der Waals surface area contributed by atoms with Crippen LogP contribution in [-0.4, -0.2) is 17.7 Å². The highest BCUT2D eigenvalue weighted by atomic mass is 16.5. The molecule has 0 amide bonds. The molecule has 0 unspecified atom stereocenters. The largest absolute Gasteiger partial charge is 0.490 e. The second-order valence-corrected chi connectivity index (χ2v) is 3.14. The van der Waals surface area contributed by atoms with Gasteiger partial charge in [0.1, 0.15) is 24.0 Å². The molecule has 0 aliphatic rings. The van der Waals surface area contributed by atoms with Crippen molar-refractivity contribution in [2.75, 3.05) is 6.61 Å². The molecule has 1 N–H and O–H groups in total. The van der Waals surface area contributed by atoms with Crippen LogP contribution in [0.2, 0.25) is 0 Å². The zero-order chi connectivity index (χ0) is 12.7. The number of aliphatic carboxylic acids is 1. The maximum Gasteiger partial charge on any atom is 0.346 e. The Morgan fingerprint density at radius 2 is 2.12 bits per heavy atom. The van der Waals surface area contributed by atoms with E-state index in [1.54, 1.807) is 36.4 Å². The van der Waals surface area contributed by atoms with Crippen LogP contribution in [-0.2, 0) is 4.79 Å². The van der Waals surface area contributed by atoms with E-state index in [2.05, 4.69) is 6.58 Å². The molecular weight excluding hydrogens is 218 g/mol. The van der Waals surface area contributed by atoms with Crippen LogP contribution in [0.4, 0.5) is 0 Å². The molecule has 0 saturated heterocycles. The Morgan fingerprint density at radius 3 is 2.59 bits per heavy atom. The van der Waals surface area contributed by atoms with E-state index in [4.69, 9.17) is 15.1 Å². The molecule has 0 radical (unpaired) electrons. The Morgan fingerprint density at radius 1 is 1.47 bits per heavy atom. The van der Waals surface area contributed by atoms with E-state index >= 15 is 0 Å². The molecular formula is C13H11NO3. The van der Waals surface area contributed by atoms with Gasteiger partial charge in [0, 0.05) is 0 Å². The molecule has 0 atom stereocenters. The summed E-state index contributed by atoms with van der Waals surface area (Å²) in [6, 6.07) is 8.38. The van der Waals surface area contributed by atoms with Crippen LogP contribution in [0.1, 0.15) is 5.56 Å². The first-order valence-corrected chi connectivity index (χ1v) is 4.86. The number of nitriles is 1. The summed E-state index contributed by atoms with van der Waals surface area (Å²) in [6.45, 7) is 3.94. The lowest BCUT2D eigenvalue weighted by molar-refractivity contribution is -0.132. The number of ether oxygens (including phenoxy) is 1. The van der Waals surface area contributed by atoms with Gasteiger partial charge in [-0.25, -0.2) is 4.79 Å². The lowest BCUT2D eigenvalue weighted by Gasteiger charge is -2.02. The van der Waals surface area contributed by atoms with Gasteiger partial charge < -0.3 is 9.84 Å². The Kier molecular flexibility index (Phi) is 4.52. The molecule has 4 nitrogen and oxygen atoms in total. The van der Waals surface area contributed by atoms with E-state index in [0.717, 1.165) is 0 Å². The molecule has 0 aliphatic carbocycles. The molecule has 0 aromatic heterocycles. The molecule has 1 rings (SSSR count). The minimum Gasteiger partial charge on any atom is -0.490 e. The van der Waals surface area contributed by atoms with Crippen molar-refractivity contribution in [1.82, 2.24) is 0 Å². The second kappa shape index (κ2) is 6.13. The molecule has 1 aromatic rings. The number of hydrogen-bond donors (Lipinski definition) is 1. The molecule has 17 heavy (non-hydrogen) atoms. The number of carbonyl (C=O) groups is 1. The molecule has 0 bridgehead atoms. The third-order valence-corrected chi connectivity index (χ3v) is 1.91. The summed E-state index contributed by atoms with van der Waals surface area (Å²) in [4.78, 5) is 10.6. The molecule has 0 fully saturated rings. The van der Waals surface area contributed by atoms with Crippen LogP contribution in [0.15, 0.2) is 42.5 Å². The molecule has 0 spiro atoms. The predicted octanol–water partition coefficient (Wildman–Crippen LogP) is 2.24. The highest BCUT2D eigenvalue weighted by molar-refractivity contribution is 5.96. The van der Waals surface area contributed by atoms with E-state index in [1.807, 2.05) is 0 Å². The fourth-order valence-electron chi connectivity index (χ4n) is 1.12. The van der Waals surface area contributed by atoms with Crippen molar-refractivity contribution in [2.24, 2.45) is 0 Å². The quantitative estimate of drug-likeness (QED) is 0.477. The van der Waals surface area contributed by atoms with E-state index < -0.39 is 5.97 Å². The minimum atomic E-state index is -1.24. The number of hydrogen-bond acceptors (Lipinski definition) is 3. The second-order valence-electron chi connectivity index (χ2n) is 3.14. The zero-order valence-corrected chi connectivity index (χ0v) is 9.09. The number of carboxylic acids is 1. The fourth-order valence-corrected chi connectivity index (χ4v) is 1.12. The van der Waals surface area contributed by atoms with Crippen molar-refractivity contribution in [3.63, 3.8) is 0 Å². The Bertz CT molecular complexity index is 480. The Labute approximate surface area is 99.1 Å². The lowest BCUT2D eigenvalue weighted by Crippen LogP contribution is -1.97. The first kappa shape index (κ1) is 12.5. The summed E-state index contributed by atoms with van der Waals surface area (Å²) in [5, 5.41) is 17.3. The molecule has 0 saturated carbocycles. The topological polar surface area (TPSA) is 70.3 Å². The maximum absolute atomic E-state index is 10.6. The maximum atomic E-state index is 10.6. The predicted molar refractivity (Wildman–Crippen MR) is 63.4 cm³/mol. The van der Waals surface area contributed by atoms with Gasteiger partial charge >= 0.3 is 5.97 Å². The first-order chi connectivity index (χ1) is 8.17. The highest BCUT2D eigenvalue weighted by Gasteiger charge is 2.05. The van der Waals surface area contributed by atoms with Crippen molar-refractivity contribution in [3.8, 4) is 11.8 Å². The zero-order valence-electron chi connectivity index (χ0n) is 9.09. The van der Waals surface area contributed by atoms with Gasteiger partial charge in [-0.2, -0.15) is 5.26 Å². The van der Waals surface area contributed by atoms with Crippen LogP contribution < -0.4 is 4.74 Å². The molecule has 1 aromatic carbocycles. The number of carboxylic acid groups (broad SMARTS) is 1. The van der Waals surface area contributed by atoms with E-state index in [1.165, 1.54) is 6.08 Å². The fraction of sp³-hybridized carbons (Fsp3) is 0.0769. The van der Waals surface area contributed by atoms with Crippen molar-refractivity contribution < 1.29 is 14.6 Å². The van der Waals surface area contributed by atoms with Crippen molar-refractivity contribution >= 4 is 12.0 Å². The van der Waals surface area contributed by atoms with Crippen molar-refractivity contribution in [2.45, 2.75) is 0 Å². The lowest BCUT2D eigenvalue weighted by atomic mass is 10.1. The number of rotatable bonds is 5. The third-order valence-electron chi connectivity index (χ3n) is 1.91. The molecule has 4 heteroatoms. The Hall–Kier alpha value is -2.54. The van der Waals surface area contributed by atoms with Crippen LogP contribution in [0.3, 0.4) is 0 Å². The van der Waals surface area contributed by atoms with Gasteiger partial charge in [0.15, 0.2) is 0 Å². The summed E-state index contributed by atoms with van der Waals surface area (Å²) in [6.07, 6.45) is 2.94. The molecule has 0 aliphatic heterocycles. The smallest absolute Gasteiger partial charge is 0.346 e. The van der Waals surface area contributed by atoms with Crippen LogP contribution >= 0.6 is 0 Å². The van der Waals surface area contributed by atoms with Gasteiger partial charge in [0.2, 0.25) is 0 Å². The molecule has 0 heterocycles. The number of nitrogens with zero attached hydrogens (tertiary/aromatic N) is 1. The van der Waals surface area contributed by atoms with E-state index in [0.29, 0.717) is 17.9 Å². The van der Waals surface area contributed by atoms with Crippen molar-refractivity contribution in [1.29, 1.82) is 5.26 Å². The van der Waals surface area contributed by atoms with Gasteiger partial charge in [0.05, 0.1) is 0 Å². The third kappa shape index (κ3) is 3.84. The average Bonchev–Trinajstić information content (AvgIpc) is 2.34. The van der Waals surface area contributed by atoms with Crippen LogP contribution in [0, 0.1) is 11.3 Å². The minimum absolute atomic E-state index is 0.301. The van der Waals surface area contributed by atoms with Crippen LogP contribution in [0.5, 0.6) is 5.75 Å². The van der Waals surface area contributed by atoms with Gasteiger partial charge in [-0.15, -0.1) is 0 Å². The summed E-state index contributed by atoms with van der Waals surface area (Å²) in [5.41, 5.74) is 0.333. The van der Waals surface area contributed by atoms with E-state index in [9.17, 15) is 4.79 Å². The van der Waals surface area contributed by atoms with Gasteiger partial charge in [0.25, 0.3) is 0 Å². The first-order valence-electron chi connectivity index (χ1n) is 4.86. The van der Waals surface area contributed by atoms with Gasteiger partial charge in [-0.1, -0.05) is 24.8 Å². The molecule has 86 valence electrons. The highest BCUT2D eigenvalue weighted by Crippen LogP contribution is 2.14. The van der Waals surface area contributed by atoms with E-state index in [-0.39, 0.29) is 5.57 Å². The Balaban J connectivity index is 2.84. The van der Waals surface area contributed by atoms with Gasteiger partial charge in [-0.05, 0) is 23.8 Å². The van der Waals surface area contributed by atoms with Gasteiger partial charge in [-0.3, -0.25) is 0 Å². The standard InChI is InChI=1S/C13H11NO3/c1-2-7-17-12-5-3-10(4-6-12)8-11(9-14)13(15)16/h2-6,8H,1,7H2,(H,15,16)/b11-8+. The summed E-state index contributed by atoms with van der Waals surface area (Å²) < 4.78 is 5.27. The SMILES string of the molecule is C=CCOc1ccc(/C=C(\C#N)C(=O)O)cc1. The summed E-state index contributed by atoms with van der Waals surface area (Å²) >= 11 is 0. The van der Waals surface area contributed by atoms with Crippen LogP contribution in [0.25, 0.3) is 6.08 Å². The van der Waals surface area contributed by atoms with Crippen molar-refractivity contribution in [3.05, 3.63) is 48.1 Å². The number of benzene rings is 1. The monoisotopic (exact) mass is 229 g/mol. The average molecular weight is 229 g/mol. The summed E-state index contributed by atoms with van der Waals surface area (Å²) in [5.74, 6) is -0.574. The normalized spacial score (nSPS) is 10.4. The summed E-state index contributed by atoms with van der Waals surface area (Å²) in [7, 11) is 0.